The molecule has 2 nitrogen and oxygen atoms in total. The molecule has 0 unspecified atom stereocenters. The van der Waals surface area contributed by atoms with E-state index in [1.54, 1.807) is 0 Å². The standard InChI is InChI=1S/Ag.ClH.O2S/c;;1-3-2/h;1H;/q+1;;/p-1. The van der Waals surface area contributed by atoms with Crippen molar-refractivity contribution in [2.75, 3.05) is 0 Å². The third kappa shape index (κ3) is 54.5. The van der Waals surface area contributed by atoms with Crippen LogP contribution in [0.25, 0.3) is 0 Å². The maximum atomic E-state index is 8.29. The second-order valence-corrected chi connectivity index (χ2v) is 0.204. The van der Waals surface area contributed by atoms with E-state index in [4.69, 9.17) is 8.42 Å². The quantitative estimate of drug-likeness (QED) is 0.525. The first-order valence-electron chi connectivity index (χ1n) is 0.447. The summed E-state index contributed by atoms with van der Waals surface area (Å²) in [6.45, 7) is 0. The van der Waals surface area contributed by atoms with E-state index in [9.17, 15) is 0 Å². The van der Waals surface area contributed by atoms with Crippen molar-refractivity contribution >= 4 is 20.8 Å². The maximum absolute atomic E-state index is 8.29. The third-order valence-electron chi connectivity index (χ3n) is 0. The Morgan fingerprint density at radius 1 is 1.40 bits per heavy atom. The first-order chi connectivity index (χ1) is 2.41. The van der Waals surface area contributed by atoms with Crippen molar-refractivity contribution in [2.24, 2.45) is 0 Å². The van der Waals surface area contributed by atoms with Crippen LogP contribution in [0.1, 0.15) is 0 Å². The van der Waals surface area contributed by atoms with Gasteiger partial charge in [-0.05, 0) is 0 Å². The molecule has 0 bridgehead atoms. The summed E-state index contributed by atoms with van der Waals surface area (Å²) in [4.78, 5) is 0. The Bertz CT molecular complexity index is 30.6. The molecule has 0 spiro atoms. The third-order valence-corrected chi connectivity index (χ3v) is 0. The second kappa shape index (κ2) is 21.0. The van der Waals surface area contributed by atoms with E-state index in [1.807, 2.05) is 0 Å². The number of hydrogen-bond acceptors (Lipinski definition) is 2. The molecule has 0 aliphatic rings. The zero-order valence-corrected chi connectivity index (χ0v) is 4.96. The number of halogens is 1. The van der Waals surface area contributed by atoms with Gasteiger partial charge in [0.1, 0.15) is 0 Å². The Kier molecular flexibility index (Phi) is 39.0. The van der Waals surface area contributed by atoms with Gasteiger partial charge in [-0.25, -0.2) is 0 Å². The van der Waals surface area contributed by atoms with Gasteiger partial charge >= 0.3 is 40.7 Å². The van der Waals surface area contributed by atoms with Gasteiger partial charge < -0.3 is 0 Å². The summed E-state index contributed by atoms with van der Waals surface area (Å²) in [5, 5.41) is 0. The van der Waals surface area contributed by atoms with Crippen LogP contribution in [0.4, 0.5) is 0 Å². The van der Waals surface area contributed by atoms with Crippen molar-refractivity contribution in [3.63, 3.8) is 0 Å². The first kappa shape index (κ1) is 9.28. The van der Waals surface area contributed by atoms with Gasteiger partial charge in [-0.15, -0.1) is 0 Å². The fourth-order valence-corrected chi connectivity index (χ4v) is 0. The number of hydrogen-bond donors (Lipinski definition) is 0. The molecule has 36 valence electrons. The van der Waals surface area contributed by atoms with E-state index in [-0.39, 0.29) is 0 Å². The summed E-state index contributed by atoms with van der Waals surface area (Å²) in [6, 6.07) is 0. The normalized spacial score (nSPS) is 3.80. The molecule has 0 aromatic carbocycles. The molecule has 0 rings (SSSR count). The van der Waals surface area contributed by atoms with Crippen LogP contribution in [-0.2, 0) is 31.6 Å². The van der Waals surface area contributed by atoms with Crippen LogP contribution < -0.4 is 0 Å². The fourth-order valence-electron chi connectivity index (χ4n) is 0. The van der Waals surface area contributed by atoms with Crippen molar-refractivity contribution in [2.45, 2.75) is 0 Å². The van der Waals surface area contributed by atoms with E-state index in [2.05, 4.69) is 29.2 Å². The molecule has 0 fully saturated rings. The van der Waals surface area contributed by atoms with Crippen molar-refractivity contribution in [1.82, 2.24) is 0 Å². The summed E-state index contributed by atoms with van der Waals surface area (Å²) in [5.41, 5.74) is 0. The molecular weight excluding hydrogens is 207 g/mol. The monoisotopic (exact) mass is 206 g/mol. The molecule has 0 aliphatic carbocycles. The van der Waals surface area contributed by atoms with Gasteiger partial charge in [-0.2, -0.15) is 8.42 Å². The molecule has 0 radical (unpaired) electrons. The van der Waals surface area contributed by atoms with E-state index in [0.717, 1.165) is 0 Å². The van der Waals surface area contributed by atoms with Gasteiger partial charge in [0, 0.05) is 0 Å². The molecule has 0 saturated heterocycles. The van der Waals surface area contributed by atoms with Crippen molar-refractivity contribution in [3.05, 3.63) is 0 Å². The van der Waals surface area contributed by atoms with Crippen LogP contribution in [0, 0.1) is 0 Å². The van der Waals surface area contributed by atoms with Crippen LogP contribution in [0.3, 0.4) is 0 Å². The molecule has 0 atom stereocenters. The Morgan fingerprint density at radius 3 is 1.40 bits per heavy atom. The SMILES string of the molecule is O=S=O.[Cl][Ag]. The fraction of sp³-hybridized carbons (Fsp3) is 0. The van der Waals surface area contributed by atoms with Gasteiger partial charge in [0.2, 0.25) is 0 Å². The Hall–Kier alpha value is 0.850. The van der Waals surface area contributed by atoms with E-state index in [0.29, 0.717) is 0 Å². The zero-order chi connectivity index (χ0) is 4.71. The van der Waals surface area contributed by atoms with Gasteiger partial charge in [0.15, 0.2) is 0 Å². The molecule has 0 saturated carbocycles. The van der Waals surface area contributed by atoms with Gasteiger partial charge in [0.05, 0.1) is 0 Å². The van der Waals surface area contributed by atoms with E-state index >= 15 is 0 Å². The average Bonchev–Trinajstić information content (AvgIpc) is 1.46. The molecule has 0 heterocycles. The molecule has 0 aromatic heterocycles. The van der Waals surface area contributed by atoms with Gasteiger partial charge in [-0.3, -0.25) is 0 Å². The minimum absolute atomic E-state index is 0.750. The summed E-state index contributed by atoms with van der Waals surface area (Å²) < 4.78 is 16.6. The molecule has 0 amide bonds. The van der Waals surface area contributed by atoms with Gasteiger partial charge in [-0.1, -0.05) is 0 Å². The first-order valence-corrected chi connectivity index (χ1v) is 3.02. The van der Waals surface area contributed by atoms with Crippen molar-refractivity contribution in [3.8, 4) is 0 Å². The van der Waals surface area contributed by atoms with Crippen LogP contribution in [0.15, 0.2) is 0 Å². The van der Waals surface area contributed by atoms with Crippen LogP contribution in [-0.4, -0.2) is 8.42 Å². The van der Waals surface area contributed by atoms with E-state index < -0.39 is 11.6 Å². The molecule has 5 heavy (non-hydrogen) atoms. The summed E-state index contributed by atoms with van der Waals surface area (Å²) in [7, 11) is 4.45. The van der Waals surface area contributed by atoms with Crippen LogP contribution in [0.5, 0.6) is 0 Å². The molecule has 5 heteroatoms. The predicted octanol–water partition coefficient (Wildman–Crippen LogP) is 0.0168. The summed E-state index contributed by atoms with van der Waals surface area (Å²) in [5.74, 6) is 0. The number of rotatable bonds is 0. The molecule has 0 aliphatic heterocycles. The molecular formula is AgClO2S. The van der Waals surface area contributed by atoms with Crippen LogP contribution in [0.2, 0.25) is 0 Å². The summed E-state index contributed by atoms with van der Waals surface area (Å²) >= 11 is 1.67. The Labute approximate surface area is 49.2 Å². The predicted molar refractivity (Wildman–Crippen MR) is 14.8 cm³/mol. The van der Waals surface area contributed by atoms with Crippen molar-refractivity contribution < 1.29 is 28.4 Å². The van der Waals surface area contributed by atoms with Crippen LogP contribution >= 0.6 is 9.19 Å². The average molecular weight is 207 g/mol. The molecule has 0 N–H and O–H groups in total. The Balaban J connectivity index is 0. The molecule has 0 aromatic rings. The van der Waals surface area contributed by atoms with E-state index in [1.165, 1.54) is 0 Å². The van der Waals surface area contributed by atoms with Crippen molar-refractivity contribution in [1.29, 1.82) is 0 Å². The van der Waals surface area contributed by atoms with Gasteiger partial charge in [0.25, 0.3) is 0 Å². The Morgan fingerprint density at radius 2 is 1.40 bits per heavy atom. The second-order valence-electron chi connectivity index (χ2n) is 0.0680. The minimum atomic E-state index is -0.750. The zero-order valence-electron chi connectivity index (χ0n) is 1.90. The topological polar surface area (TPSA) is 34.1 Å². The summed E-state index contributed by atoms with van der Waals surface area (Å²) in [6.07, 6.45) is 0.